The minimum Gasteiger partial charge on any atom is -0.372 e. The molecule has 1 aromatic carbocycles. The van der Waals surface area contributed by atoms with Crippen molar-refractivity contribution >= 4 is 10.0 Å². The summed E-state index contributed by atoms with van der Waals surface area (Å²) < 4.78 is 33.0. The van der Waals surface area contributed by atoms with Crippen molar-refractivity contribution in [1.82, 2.24) is 9.71 Å². The van der Waals surface area contributed by atoms with E-state index < -0.39 is 15.6 Å². The molecule has 1 atom stereocenters. The van der Waals surface area contributed by atoms with Crippen molar-refractivity contribution in [1.29, 1.82) is 0 Å². The Hall–Kier alpha value is -1.76. The summed E-state index contributed by atoms with van der Waals surface area (Å²) in [5.74, 6) is 0. The molecule has 6 heteroatoms. The first kappa shape index (κ1) is 16.6. The molecule has 118 valence electrons. The fourth-order valence-corrected chi connectivity index (χ4v) is 3.36. The summed E-state index contributed by atoms with van der Waals surface area (Å²) in [5, 5.41) is 0. The molecule has 0 saturated carbocycles. The van der Waals surface area contributed by atoms with Gasteiger partial charge in [0.15, 0.2) is 0 Å². The number of hydrogen-bond donors (Lipinski definition) is 1. The average Bonchev–Trinajstić information content (AvgIpc) is 2.58. The summed E-state index contributed by atoms with van der Waals surface area (Å²) in [5.41, 5.74) is 0.241. The highest BCUT2D eigenvalue weighted by atomic mass is 32.2. The molecule has 0 aliphatic rings. The maximum Gasteiger partial charge on any atom is 0.242 e. The van der Waals surface area contributed by atoms with Crippen LogP contribution in [0.2, 0.25) is 0 Å². The van der Waals surface area contributed by atoms with Crippen molar-refractivity contribution in [2.24, 2.45) is 0 Å². The first-order valence-electron chi connectivity index (χ1n) is 7.04. The van der Waals surface area contributed by atoms with Gasteiger partial charge >= 0.3 is 0 Å². The second-order valence-corrected chi connectivity index (χ2v) is 6.70. The Morgan fingerprint density at radius 3 is 2.45 bits per heavy atom. The molecule has 0 fully saturated rings. The van der Waals surface area contributed by atoms with Crippen molar-refractivity contribution in [2.45, 2.75) is 23.8 Å². The Balaban J connectivity index is 2.23. The molecule has 1 heterocycles. The van der Waals surface area contributed by atoms with Crippen LogP contribution in [0.5, 0.6) is 0 Å². The van der Waals surface area contributed by atoms with E-state index in [1.807, 2.05) is 37.3 Å². The van der Waals surface area contributed by atoms with Crippen LogP contribution in [-0.4, -0.2) is 27.1 Å². The molecule has 0 spiro atoms. The summed E-state index contributed by atoms with van der Waals surface area (Å²) in [6.07, 6.45) is 3.50. The summed E-state index contributed by atoms with van der Waals surface area (Å²) in [7, 11) is -2.02. The Kier molecular flexibility index (Phi) is 5.28. The van der Waals surface area contributed by atoms with E-state index in [4.69, 9.17) is 4.74 Å². The molecule has 5 nitrogen and oxygen atoms in total. The lowest BCUT2D eigenvalue weighted by atomic mass is 9.91. The van der Waals surface area contributed by atoms with Gasteiger partial charge in [0, 0.05) is 26.0 Å². The zero-order valence-electron chi connectivity index (χ0n) is 12.7. The van der Waals surface area contributed by atoms with E-state index in [9.17, 15) is 8.42 Å². The number of methoxy groups -OCH3 is 1. The van der Waals surface area contributed by atoms with Gasteiger partial charge in [-0.2, -0.15) is 0 Å². The molecule has 1 aromatic heterocycles. The highest BCUT2D eigenvalue weighted by Crippen LogP contribution is 2.28. The van der Waals surface area contributed by atoms with Gasteiger partial charge in [-0.15, -0.1) is 0 Å². The molecule has 0 saturated heterocycles. The van der Waals surface area contributed by atoms with Gasteiger partial charge < -0.3 is 4.74 Å². The summed E-state index contributed by atoms with van der Waals surface area (Å²) in [6, 6.07) is 12.7. The first-order valence-corrected chi connectivity index (χ1v) is 8.53. The Bertz CT molecular complexity index is 684. The van der Waals surface area contributed by atoms with E-state index in [0.29, 0.717) is 6.42 Å². The molecule has 1 N–H and O–H groups in total. The quantitative estimate of drug-likeness (QED) is 0.850. The predicted octanol–water partition coefficient (Wildman–Crippen LogP) is 2.31. The third-order valence-corrected chi connectivity index (χ3v) is 5.14. The Morgan fingerprint density at radius 1 is 1.18 bits per heavy atom. The fourth-order valence-electron chi connectivity index (χ4n) is 2.31. The SMILES string of the molecule is CCC(CNS(=O)(=O)c1cccnc1)(OC)c1ccccc1. The van der Waals surface area contributed by atoms with Gasteiger partial charge in [0.05, 0.1) is 0 Å². The van der Waals surface area contributed by atoms with Gasteiger partial charge in [-0.05, 0) is 24.1 Å². The molecule has 0 radical (unpaired) electrons. The van der Waals surface area contributed by atoms with Gasteiger partial charge in [-0.3, -0.25) is 4.98 Å². The lowest BCUT2D eigenvalue weighted by molar-refractivity contribution is -0.0133. The molecule has 0 amide bonds. The second-order valence-electron chi connectivity index (χ2n) is 4.93. The number of benzene rings is 1. The molecule has 2 aromatic rings. The number of pyridine rings is 1. The van der Waals surface area contributed by atoms with Crippen LogP contribution < -0.4 is 4.72 Å². The Morgan fingerprint density at radius 2 is 1.91 bits per heavy atom. The number of aromatic nitrogens is 1. The van der Waals surface area contributed by atoms with Crippen LogP contribution in [0.1, 0.15) is 18.9 Å². The number of ether oxygens (including phenoxy) is 1. The minimum absolute atomic E-state index is 0.143. The monoisotopic (exact) mass is 320 g/mol. The maximum atomic E-state index is 12.3. The van der Waals surface area contributed by atoms with Crippen LogP contribution in [0.15, 0.2) is 59.8 Å². The fraction of sp³-hybridized carbons (Fsp3) is 0.312. The van der Waals surface area contributed by atoms with Gasteiger partial charge in [-0.25, -0.2) is 13.1 Å². The van der Waals surface area contributed by atoms with Crippen molar-refractivity contribution in [3.05, 3.63) is 60.4 Å². The highest BCUT2D eigenvalue weighted by Gasteiger charge is 2.32. The highest BCUT2D eigenvalue weighted by molar-refractivity contribution is 7.89. The number of sulfonamides is 1. The van der Waals surface area contributed by atoms with Gasteiger partial charge in [0.25, 0.3) is 0 Å². The summed E-state index contributed by atoms with van der Waals surface area (Å²) in [6.45, 7) is 2.12. The molecule has 0 bridgehead atoms. The van der Waals surface area contributed by atoms with Gasteiger partial charge in [0.2, 0.25) is 10.0 Å². The number of hydrogen-bond acceptors (Lipinski definition) is 4. The van der Waals surface area contributed by atoms with E-state index in [1.165, 1.54) is 18.5 Å². The Labute approximate surface area is 131 Å². The summed E-state index contributed by atoms with van der Waals surface area (Å²) in [4.78, 5) is 3.99. The maximum absolute atomic E-state index is 12.3. The van der Waals surface area contributed by atoms with Crippen molar-refractivity contribution in [3.63, 3.8) is 0 Å². The molecule has 22 heavy (non-hydrogen) atoms. The average molecular weight is 320 g/mol. The van der Waals surface area contributed by atoms with Gasteiger partial charge in [0.1, 0.15) is 10.5 Å². The van der Waals surface area contributed by atoms with Crippen LogP contribution in [0.3, 0.4) is 0 Å². The van der Waals surface area contributed by atoms with E-state index in [0.717, 1.165) is 5.56 Å². The van der Waals surface area contributed by atoms with Crippen molar-refractivity contribution in [3.8, 4) is 0 Å². The van der Waals surface area contributed by atoms with E-state index >= 15 is 0 Å². The third kappa shape index (κ3) is 3.52. The zero-order chi connectivity index (χ0) is 16.1. The van der Waals surface area contributed by atoms with E-state index in [2.05, 4.69) is 9.71 Å². The smallest absolute Gasteiger partial charge is 0.242 e. The zero-order valence-corrected chi connectivity index (χ0v) is 13.5. The number of nitrogens with one attached hydrogen (secondary N) is 1. The molecular weight excluding hydrogens is 300 g/mol. The van der Waals surface area contributed by atoms with Crippen LogP contribution in [-0.2, 0) is 20.4 Å². The number of nitrogens with zero attached hydrogens (tertiary/aromatic N) is 1. The van der Waals surface area contributed by atoms with Crippen LogP contribution in [0, 0.1) is 0 Å². The standard InChI is InChI=1S/C16H20N2O3S/c1-3-16(21-2,14-8-5-4-6-9-14)13-18-22(19,20)15-10-7-11-17-12-15/h4-12,18H,3,13H2,1-2H3. The summed E-state index contributed by atoms with van der Waals surface area (Å²) >= 11 is 0. The van der Waals surface area contributed by atoms with E-state index in [1.54, 1.807) is 13.2 Å². The molecule has 0 aliphatic carbocycles. The predicted molar refractivity (Wildman–Crippen MR) is 84.8 cm³/mol. The topological polar surface area (TPSA) is 68.3 Å². The molecule has 0 aliphatic heterocycles. The lowest BCUT2D eigenvalue weighted by Crippen LogP contribution is -2.41. The third-order valence-electron chi connectivity index (χ3n) is 3.75. The van der Waals surface area contributed by atoms with Crippen LogP contribution in [0.25, 0.3) is 0 Å². The second kappa shape index (κ2) is 7.00. The minimum atomic E-state index is -3.61. The van der Waals surface area contributed by atoms with Crippen molar-refractivity contribution < 1.29 is 13.2 Å². The largest absolute Gasteiger partial charge is 0.372 e. The van der Waals surface area contributed by atoms with E-state index in [-0.39, 0.29) is 11.4 Å². The van der Waals surface area contributed by atoms with Crippen LogP contribution in [0.4, 0.5) is 0 Å². The van der Waals surface area contributed by atoms with Gasteiger partial charge in [-0.1, -0.05) is 37.3 Å². The molecule has 1 unspecified atom stereocenters. The lowest BCUT2D eigenvalue weighted by Gasteiger charge is -2.32. The molecular formula is C16H20N2O3S. The number of rotatable bonds is 7. The molecule has 2 rings (SSSR count). The normalized spacial score (nSPS) is 14.5. The van der Waals surface area contributed by atoms with Crippen molar-refractivity contribution in [2.75, 3.05) is 13.7 Å². The first-order chi connectivity index (χ1) is 10.5. The van der Waals surface area contributed by atoms with Crippen LogP contribution >= 0.6 is 0 Å².